The summed E-state index contributed by atoms with van der Waals surface area (Å²) in [5.41, 5.74) is 9.64. The minimum absolute atomic E-state index is 0.0427. The maximum atomic E-state index is 12.5. The molecule has 0 radical (unpaired) electrons. The zero-order chi connectivity index (χ0) is 14.4. The van der Waals surface area contributed by atoms with Crippen molar-refractivity contribution < 1.29 is 4.79 Å². The van der Waals surface area contributed by atoms with E-state index in [1.54, 1.807) is 5.38 Å². The summed E-state index contributed by atoms with van der Waals surface area (Å²) in [5, 5.41) is 3.36. The van der Waals surface area contributed by atoms with E-state index in [2.05, 4.69) is 22.1 Å². The van der Waals surface area contributed by atoms with Crippen LogP contribution >= 0.6 is 11.3 Å². The first kappa shape index (κ1) is 12.4. The number of nitrogen functional groups attached to an aromatic ring is 1. The molecule has 0 aliphatic carbocycles. The average Bonchev–Trinajstić information content (AvgIpc) is 3.09. The molecule has 0 saturated heterocycles. The van der Waals surface area contributed by atoms with Gasteiger partial charge in [0.25, 0.3) is 5.91 Å². The normalized spacial score (nSPS) is 14.4. The van der Waals surface area contributed by atoms with Gasteiger partial charge in [-0.05, 0) is 6.07 Å². The number of hydrogen-bond donors (Lipinski definition) is 2. The number of nitrogens with zero attached hydrogens (tertiary/aromatic N) is 2. The number of amides is 1. The Morgan fingerprint density at radius 1 is 1.38 bits per heavy atom. The molecule has 6 heteroatoms. The summed E-state index contributed by atoms with van der Waals surface area (Å²) in [6.07, 6.45) is 0.843. The molecular weight excluding hydrogens is 284 g/mol. The van der Waals surface area contributed by atoms with Gasteiger partial charge >= 0.3 is 0 Å². The van der Waals surface area contributed by atoms with E-state index in [9.17, 15) is 4.79 Å². The molecule has 3 N–H and O–H groups in total. The van der Waals surface area contributed by atoms with Crippen LogP contribution in [0.4, 0.5) is 5.13 Å². The third-order valence-corrected chi connectivity index (χ3v) is 4.58. The number of thiazole rings is 1. The van der Waals surface area contributed by atoms with Gasteiger partial charge in [0, 0.05) is 47.1 Å². The van der Waals surface area contributed by atoms with E-state index in [1.165, 1.54) is 28.0 Å². The lowest BCUT2D eigenvalue weighted by molar-refractivity contribution is 0.0730. The second-order valence-electron chi connectivity index (χ2n) is 5.18. The first-order valence-electron chi connectivity index (χ1n) is 6.81. The third kappa shape index (κ3) is 1.99. The standard InChI is InChI=1S/C15H14N4OS/c16-15-18-13(8-21-15)14(20)19-6-5-12-10(7-19)9-3-1-2-4-11(9)17-12/h1-4,8,17H,5-7H2,(H2,16,18). The van der Waals surface area contributed by atoms with Gasteiger partial charge in [0.2, 0.25) is 0 Å². The minimum Gasteiger partial charge on any atom is -0.375 e. The van der Waals surface area contributed by atoms with Crippen LogP contribution in [0.15, 0.2) is 29.6 Å². The molecular formula is C15H14N4OS. The first-order chi connectivity index (χ1) is 10.2. The lowest BCUT2D eigenvalue weighted by atomic mass is 10.0. The van der Waals surface area contributed by atoms with Crippen LogP contribution < -0.4 is 5.73 Å². The molecule has 1 aliphatic rings. The van der Waals surface area contributed by atoms with Crippen molar-refractivity contribution in [2.75, 3.05) is 12.3 Å². The zero-order valence-corrected chi connectivity index (χ0v) is 12.1. The van der Waals surface area contributed by atoms with Crippen molar-refractivity contribution in [1.82, 2.24) is 14.9 Å². The molecule has 1 aromatic carbocycles. The number of carbonyl (C=O) groups is 1. The summed E-state index contributed by atoms with van der Waals surface area (Å²) in [5.74, 6) is -0.0427. The van der Waals surface area contributed by atoms with Crippen LogP contribution in [0.5, 0.6) is 0 Å². The highest BCUT2D eigenvalue weighted by atomic mass is 32.1. The van der Waals surface area contributed by atoms with Gasteiger partial charge < -0.3 is 15.6 Å². The van der Waals surface area contributed by atoms with Gasteiger partial charge in [-0.15, -0.1) is 11.3 Å². The smallest absolute Gasteiger partial charge is 0.273 e. The van der Waals surface area contributed by atoms with Crippen LogP contribution in [-0.4, -0.2) is 27.3 Å². The number of rotatable bonds is 1. The Kier molecular flexibility index (Phi) is 2.71. The molecule has 1 aliphatic heterocycles. The van der Waals surface area contributed by atoms with E-state index in [0.29, 0.717) is 23.9 Å². The zero-order valence-electron chi connectivity index (χ0n) is 11.3. The van der Waals surface area contributed by atoms with E-state index in [4.69, 9.17) is 5.73 Å². The predicted molar refractivity (Wildman–Crippen MR) is 83.3 cm³/mol. The molecule has 2 aromatic heterocycles. The second-order valence-corrected chi connectivity index (χ2v) is 6.07. The molecule has 1 amide bonds. The molecule has 3 aromatic rings. The lowest BCUT2D eigenvalue weighted by Gasteiger charge is -2.26. The van der Waals surface area contributed by atoms with Crippen LogP contribution in [0, 0.1) is 0 Å². The Morgan fingerprint density at radius 3 is 3.05 bits per heavy atom. The molecule has 21 heavy (non-hydrogen) atoms. The topological polar surface area (TPSA) is 75.0 Å². The first-order valence-corrected chi connectivity index (χ1v) is 7.69. The van der Waals surface area contributed by atoms with E-state index in [1.807, 2.05) is 17.0 Å². The maximum absolute atomic E-state index is 12.5. The number of aromatic nitrogens is 2. The van der Waals surface area contributed by atoms with Gasteiger partial charge in [-0.3, -0.25) is 4.79 Å². The highest BCUT2D eigenvalue weighted by Gasteiger charge is 2.25. The summed E-state index contributed by atoms with van der Waals surface area (Å²) in [4.78, 5) is 21.9. The van der Waals surface area contributed by atoms with Crippen molar-refractivity contribution in [3.63, 3.8) is 0 Å². The molecule has 106 valence electrons. The summed E-state index contributed by atoms with van der Waals surface area (Å²) in [6.45, 7) is 1.33. The van der Waals surface area contributed by atoms with Crippen molar-refractivity contribution in [3.05, 3.63) is 46.6 Å². The van der Waals surface area contributed by atoms with Gasteiger partial charge in [-0.1, -0.05) is 18.2 Å². The number of para-hydroxylation sites is 1. The molecule has 0 atom stereocenters. The van der Waals surface area contributed by atoms with Crippen LogP contribution in [-0.2, 0) is 13.0 Å². The monoisotopic (exact) mass is 298 g/mol. The highest BCUT2D eigenvalue weighted by Crippen LogP contribution is 2.28. The van der Waals surface area contributed by atoms with Crippen LogP contribution in [0.25, 0.3) is 10.9 Å². The number of H-pyrrole nitrogens is 1. The molecule has 0 spiro atoms. The molecule has 5 nitrogen and oxygen atoms in total. The lowest BCUT2D eigenvalue weighted by Crippen LogP contribution is -2.36. The summed E-state index contributed by atoms with van der Waals surface area (Å²) in [7, 11) is 0. The number of nitrogens with one attached hydrogen (secondary N) is 1. The number of hydrogen-bond acceptors (Lipinski definition) is 4. The summed E-state index contributed by atoms with van der Waals surface area (Å²) >= 11 is 1.30. The third-order valence-electron chi connectivity index (χ3n) is 3.91. The van der Waals surface area contributed by atoms with E-state index in [-0.39, 0.29) is 5.91 Å². The molecule has 4 rings (SSSR count). The van der Waals surface area contributed by atoms with Crippen molar-refractivity contribution in [2.45, 2.75) is 13.0 Å². The second kappa shape index (κ2) is 4.60. The summed E-state index contributed by atoms with van der Waals surface area (Å²) in [6, 6.07) is 8.21. The van der Waals surface area contributed by atoms with E-state index < -0.39 is 0 Å². The number of nitrogens with two attached hydrogens (primary N) is 1. The SMILES string of the molecule is Nc1nc(C(=O)N2CCc3[nH]c4ccccc4c3C2)cs1. The van der Waals surface area contributed by atoms with Gasteiger partial charge in [0.15, 0.2) is 5.13 Å². The van der Waals surface area contributed by atoms with E-state index in [0.717, 1.165) is 11.9 Å². The molecule has 0 saturated carbocycles. The van der Waals surface area contributed by atoms with Crippen LogP contribution in [0.1, 0.15) is 21.7 Å². The maximum Gasteiger partial charge on any atom is 0.273 e. The minimum atomic E-state index is -0.0427. The number of benzene rings is 1. The quantitative estimate of drug-likeness (QED) is 0.724. The Bertz CT molecular complexity index is 835. The molecule has 0 bridgehead atoms. The van der Waals surface area contributed by atoms with Crippen molar-refractivity contribution in [2.24, 2.45) is 0 Å². The Balaban J connectivity index is 1.68. The van der Waals surface area contributed by atoms with E-state index >= 15 is 0 Å². The van der Waals surface area contributed by atoms with Crippen molar-refractivity contribution in [3.8, 4) is 0 Å². The fourth-order valence-electron chi connectivity index (χ4n) is 2.89. The number of carbonyl (C=O) groups excluding carboxylic acids is 1. The molecule has 0 unspecified atom stereocenters. The largest absolute Gasteiger partial charge is 0.375 e. The van der Waals surface area contributed by atoms with Crippen LogP contribution in [0.3, 0.4) is 0 Å². The average molecular weight is 298 g/mol. The number of fused-ring (bicyclic) bond motifs is 3. The summed E-state index contributed by atoms with van der Waals surface area (Å²) < 4.78 is 0. The van der Waals surface area contributed by atoms with Gasteiger partial charge in [-0.2, -0.15) is 0 Å². The number of aromatic amines is 1. The fraction of sp³-hybridized carbons (Fsp3) is 0.200. The van der Waals surface area contributed by atoms with Gasteiger partial charge in [0.05, 0.1) is 0 Å². The molecule has 0 fully saturated rings. The Morgan fingerprint density at radius 2 is 2.24 bits per heavy atom. The van der Waals surface area contributed by atoms with Gasteiger partial charge in [0.1, 0.15) is 5.69 Å². The predicted octanol–water partition coefficient (Wildman–Crippen LogP) is 2.41. The molecule has 3 heterocycles. The number of anilines is 1. The highest BCUT2D eigenvalue weighted by molar-refractivity contribution is 7.13. The van der Waals surface area contributed by atoms with Crippen molar-refractivity contribution >= 4 is 33.3 Å². The van der Waals surface area contributed by atoms with Gasteiger partial charge in [-0.25, -0.2) is 4.98 Å². The van der Waals surface area contributed by atoms with Crippen LogP contribution in [0.2, 0.25) is 0 Å². The Labute approximate surface area is 125 Å². The van der Waals surface area contributed by atoms with Crippen molar-refractivity contribution in [1.29, 1.82) is 0 Å². The fourth-order valence-corrected chi connectivity index (χ4v) is 3.42. The Hall–Kier alpha value is -2.34.